The van der Waals surface area contributed by atoms with E-state index < -0.39 is 10.2 Å². The van der Waals surface area contributed by atoms with Crippen LogP contribution in [0.4, 0.5) is 0 Å². The normalized spacial score (nSPS) is 14.8. The minimum Gasteiger partial charge on any atom is -0.393 e. The van der Waals surface area contributed by atoms with Gasteiger partial charge in [-0.3, -0.25) is 0 Å². The van der Waals surface area contributed by atoms with Gasteiger partial charge in [0.25, 0.3) is 10.2 Å². The van der Waals surface area contributed by atoms with E-state index in [-0.39, 0.29) is 6.10 Å². The topological polar surface area (TPSA) is 69.6 Å². The second-order valence-corrected chi connectivity index (χ2v) is 5.14. The molecule has 1 atom stereocenters. The van der Waals surface area contributed by atoms with E-state index in [0.717, 1.165) is 4.31 Å². The van der Waals surface area contributed by atoms with Crippen molar-refractivity contribution in [3.05, 3.63) is 0 Å². The lowest BCUT2D eigenvalue weighted by atomic mass is 10.2. The number of hydrogen-bond acceptors (Lipinski definition) is 3. The van der Waals surface area contributed by atoms with Gasteiger partial charge in [-0.05, 0) is 19.8 Å². The molecule has 0 bridgehead atoms. The van der Waals surface area contributed by atoms with E-state index in [0.29, 0.717) is 19.4 Å². The Hall–Kier alpha value is -0.170. The number of aliphatic hydroxyl groups is 1. The largest absolute Gasteiger partial charge is 0.393 e. The Labute approximate surface area is 79.9 Å². The quantitative estimate of drug-likeness (QED) is 0.583. The second-order valence-electron chi connectivity index (χ2n) is 3.17. The van der Waals surface area contributed by atoms with Crippen molar-refractivity contribution in [3.8, 4) is 0 Å². The molecular formula is C7H18N2O3S. The molecule has 0 aromatic heterocycles. The molecule has 2 N–H and O–H groups in total. The molecule has 5 nitrogen and oxygen atoms in total. The highest BCUT2D eigenvalue weighted by molar-refractivity contribution is 7.87. The Morgan fingerprint density at radius 2 is 2.00 bits per heavy atom. The van der Waals surface area contributed by atoms with Crippen LogP contribution in [0.1, 0.15) is 19.8 Å². The summed E-state index contributed by atoms with van der Waals surface area (Å²) in [5, 5.41) is 8.90. The van der Waals surface area contributed by atoms with E-state index in [2.05, 4.69) is 4.72 Å². The fourth-order valence-corrected chi connectivity index (χ4v) is 1.39. The zero-order chi connectivity index (χ0) is 10.5. The molecule has 0 rings (SSSR count). The predicted octanol–water partition coefficient (Wildman–Crippen LogP) is -0.457. The highest BCUT2D eigenvalue weighted by Gasteiger charge is 2.11. The summed E-state index contributed by atoms with van der Waals surface area (Å²) in [5.41, 5.74) is 0. The van der Waals surface area contributed by atoms with Crippen molar-refractivity contribution in [3.63, 3.8) is 0 Å². The molecule has 13 heavy (non-hydrogen) atoms. The van der Waals surface area contributed by atoms with Crippen LogP contribution >= 0.6 is 0 Å². The molecule has 0 heterocycles. The van der Waals surface area contributed by atoms with Crippen LogP contribution in [-0.2, 0) is 10.2 Å². The molecule has 0 radical (unpaired) electrons. The summed E-state index contributed by atoms with van der Waals surface area (Å²) in [6.45, 7) is 2.05. The fraction of sp³-hybridized carbons (Fsp3) is 1.00. The molecule has 0 saturated heterocycles. The van der Waals surface area contributed by atoms with Gasteiger partial charge in [-0.15, -0.1) is 0 Å². The number of nitrogens with zero attached hydrogens (tertiary/aromatic N) is 1. The van der Waals surface area contributed by atoms with Crippen LogP contribution in [-0.4, -0.2) is 44.6 Å². The van der Waals surface area contributed by atoms with Crippen LogP contribution in [0.15, 0.2) is 0 Å². The Balaban J connectivity index is 3.66. The van der Waals surface area contributed by atoms with Gasteiger partial charge in [0.05, 0.1) is 6.10 Å². The lowest BCUT2D eigenvalue weighted by molar-refractivity contribution is 0.182. The van der Waals surface area contributed by atoms with Gasteiger partial charge in [0.2, 0.25) is 0 Å². The Bertz CT molecular complexity index is 224. The van der Waals surface area contributed by atoms with E-state index in [4.69, 9.17) is 5.11 Å². The van der Waals surface area contributed by atoms with Crippen molar-refractivity contribution in [2.45, 2.75) is 25.9 Å². The minimum absolute atomic E-state index is 0.366. The highest BCUT2D eigenvalue weighted by Crippen LogP contribution is 1.95. The lowest BCUT2D eigenvalue weighted by Gasteiger charge is -2.12. The van der Waals surface area contributed by atoms with Crippen molar-refractivity contribution >= 4 is 10.2 Å². The lowest BCUT2D eigenvalue weighted by Crippen LogP contribution is -2.36. The fourth-order valence-electron chi connectivity index (χ4n) is 0.728. The Morgan fingerprint density at radius 3 is 2.38 bits per heavy atom. The van der Waals surface area contributed by atoms with Crippen LogP contribution in [0.2, 0.25) is 0 Å². The van der Waals surface area contributed by atoms with Gasteiger partial charge in [-0.25, -0.2) is 4.72 Å². The summed E-state index contributed by atoms with van der Waals surface area (Å²) in [7, 11) is -0.356. The van der Waals surface area contributed by atoms with Crippen molar-refractivity contribution < 1.29 is 13.5 Å². The standard InChI is InChI=1S/C7H18N2O3S/c1-7(10)5-4-6-8-13(11,12)9(2)3/h7-8,10H,4-6H2,1-3H3. The van der Waals surface area contributed by atoms with Crippen molar-refractivity contribution in [2.75, 3.05) is 20.6 Å². The van der Waals surface area contributed by atoms with Crippen LogP contribution in [0.3, 0.4) is 0 Å². The maximum absolute atomic E-state index is 11.1. The maximum atomic E-state index is 11.1. The van der Waals surface area contributed by atoms with E-state index >= 15 is 0 Å². The van der Waals surface area contributed by atoms with Crippen LogP contribution in [0, 0.1) is 0 Å². The molecule has 0 aliphatic rings. The average molecular weight is 210 g/mol. The van der Waals surface area contributed by atoms with Crippen molar-refractivity contribution in [1.29, 1.82) is 0 Å². The van der Waals surface area contributed by atoms with Gasteiger partial charge < -0.3 is 5.11 Å². The van der Waals surface area contributed by atoms with Crippen molar-refractivity contribution in [1.82, 2.24) is 9.03 Å². The zero-order valence-corrected chi connectivity index (χ0v) is 9.13. The van der Waals surface area contributed by atoms with E-state index in [1.54, 1.807) is 6.92 Å². The number of aliphatic hydroxyl groups excluding tert-OH is 1. The zero-order valence-electron chi connectivity index (χ0n) is 8.32. The molecular weight excluding hydrogens is 192 g/mol. The monoisotopic (exact) mass is 210 g/mol. The smallest absolute Gasteiger partial charge is 0.278 e. The molecule has 0 aliphatic carbocycles. The summed E-state index contributed by atoms with van der Waals surface area (Å²) in [6, 6.07) is 0. The minimum atomic E-state index is -3.29. The van der Waals surface area contributed by atoms with E-state index in [1.807, 2.05) is 0 Å². The van der Waals surface area contributed by atoms with Crippen LogP contribution in [0.25, 0.3) is 0 Å². The van der Waals surface area contributed by atoms with Gasteiger partial charge in [0.15, 0.2) is 0 Å². The summed E-state index contributed by atoms with van der Waals surface area (Å²) in [6.07, 6.45) is 0.879. The van der Waals surface area contributed by atoms with Gasteiger partial charge in [0, 0.05) is 20.6 Å². The van der Waals surface area contributed by atoms with Crippen LogP contribution < -0.4 is 4.72 Å². The molecule has 80 valence electrons. The predicted molar refractivity (Wildman–Crippen MR) is 51.5 cm³/mol. The molecule has 0 saturated carbocycles. The third-order valence-electron chi connectivity index (χ3n) is 1.56. The number of nitrogens with one attached hydrogen (secondary N) is 1. The molecule has 0 amide bonds. The molecule has 0 spiro atoms. The maximum Gasteiger partial charge on any atom is 0.278 e. The first-order valence-electron chi connectivity index (χ1n) is 4.21. The Morgan fingerprint density at radius 1 is 1.46 bits per heavy atom. The van der Waals surface area contributed by atoms with Gasteiger partial charge >= 0.3 is 0 Å². The van der Waals surface area contributed by atoms with Gasteiger partial charge in [-0.1, -0.05) is 0 Å². The van der Waals surface area contributed by atoms with Crippen molar-refractivity contribution in [2.24, 2.45) is 0 Å². The third kappa shape index (κ3) is 5.98. The first-order chi connectivity index (χ1) is 5.86. The van der Waals surface area contributed by atoms with Gasteiger partial charge in [0.1, 0.15) is 0 Å². The summed E-state index contributed by atoms with van der Waals surface area (Å²) < 4.78 is 25.8. The summed E-state index contributed by atoms with van der Waals surface area (Å²) in [4.78, 5) is 0. The SMILES string of the molecule is CC(O)CCCNS(=O)(=O)N(C)C. The third-order valence-corrected chi connectivity index (χ3v) is 3.09. The highest BCUT2D eigenvalue weighted by atomic mass is 32.2. The molecule has 1 unspecified atom stereocenters. The van der Waals surface area contributed by atoms with Gasteiger partial charge in [-0.2, -0.15) is 12.7 Å². The molecule has 0 fully saturated rings. The van der Waals surface area contributed by atoms with E-state index in [1.165, 1.54) is 14.1 Å². The number of rotatable bonds is 6. The first-order valence-corrected chi connectivity index (χ1v) is 5.65. The second kappa shape index (κ2) is 5.54. The average Bonchev–Trinajstić information content (AvgIpc) is 1.97. The number of hydrogen-bond donors (Lipinski definition) is 2. The Kier molecular flexibility index (Phi) is 5.46. The van der Waals surface area contributed by atoms with E-state index in [9.17, 15) is 8.42 Å². The molecule has 0 aliphatic heterocycles. The molecule has 0 aromatic carbocycles. The summed E-state index contributed by atoms with van der Waals surface area (Å²) >= 11 is 0. The first kappa shape index (κ1) is 12.8. The summed E-state index contributed by atoms with van der Waals surface area (Å²) in [5.74, 6) is 0. The molecule has 0 aromatic rings. The van der Waals surface area contributed by atoms with Crippen LogP contribution in [0.5, 0.6) is 0 Å². The molecule has 6 heteroatoms.